The number of nitrogens with one attached hydrogen (secondary N) is 2. The van der Waals surface area contributed by atoms with Crippen LogP contribution in [0.1, 0.15) is 59.8 Å². The molecular formula is C21H28F2N2O4. The van der Waals surface area contributed by atoms with Gasteiger partial charge in [-0.05, 0) is 52.7 Å². The summed E-state index contributed by atoms with van der Waals surface area (Å²) < 4.78 is 31.6. The molecule has 6 nitrogen and oxygen atoms in total. The number of anilines is 1. The highest BCUT2D eigenvalue weighted by Gasteiger charge is 2.45. The van der Waals surface area contributed by atoms with Crippen molar-refractivity contribution in [3.05, 3.63) is 29.8 Å². The molecule has 1 aromatic rings. The van der Waals surface area contributed by atoms with E-state index in [0.29, 0.717) is 12.8 Å². The zero-order chi connectivity index (χ0) is 21.8. The van der Waals surface area contributed by atoms with Crippen LogP contribution in [0.15, 0.2) is 18.2 Å². The van der Waals surface area contributed by atoms with Crippen LogP contribution < -0.4 is 10.6 Å². The summed E-state index contributed by atoms with van der Waals surface area (Å²) in [6.07, 6.45) is 1.47. The minimum absolute atomic E-state index is 0.000611. The van der Waals surface area contributed by atoms with Crippen molar-refractivity contribution >= 4 is 23.5 Å². The third kappa shape index (κ3) is 6.24. The molecular weight excluding hydrogens is 382 g/mol. The SMILES string of the molecule is C[C@@H](OC(=O)C1(CC(=O)NC(C)(C)C)CCCC1)C(=O)Nc1ccc(F)c(F)c1. The molecule has 0 aromatic heterocycles. The van der Waals surface area contributed by atoms with Crippen LogP contribution in [0.25, 0.3) is 0 Å². The Morgan fingerprint density at radius 1 is 1.14 bits per heavy atom. The summed E-state index contributed by atoms with van der Waals surface area (Å²) in [4.78, 5) is 37.5. The van der Waals surface area contributed by atoms with Crippen LogP contribution in [-0.4, -0.2) is 29.4 Å². The van der Waals surface area contributed by atoms with Crippen molar-refractivity contribution in [3.63, 3.8) is 0 Å². The Labute approximate surface area is 169 Å². The molecule has 8 heteroatoms. The molecule has 2 N–H and O–H groups in total. The molecule has 1 atom stereocenters. The number of hydrogen-bond donors (Lipinski definition) is 2. The number of esters is 1. The van der Waals surface area contributed by atoms with E-state index in [9.17, 15) is 23.2 Å². The lowest BCUT2D eigenvalue weighted by Crippen LogP contribution is -2.45. The molecule has 2 amide bonds. The standard InChI is InChI=1S/C21H28F2N2O4/c1-13(18(27)24-14-7-8-15(22)16(23)11-14)29-19(28)21(9-5-6-10-21)12-17(26)25-20(2,3)4/h7-8,11,13H,5-6,9-10,12H2,1-4H3,(H,24,27)(H,25,26)/t13-/m1/s1. The molecule has 1 aliphatic carbocycles. The third-order valence-corrected chi connectivity index (χ3v) is 4.85. The van der Waals surface area contributed by atoms with Crippen molar-refractivity contribution in [3.8, 4) is 0 Å². The maximum atomic E-state index is 13.3. The molecule has 1 saturated carbocycles. The first kappa shape index (κ1) is 22.8. The summed E-state index contributed by atoms with van der Waals surface area (Å²) in [5.74, 6) is -3.62. The number of benzene rings is 1. The van der Waals surface area contributed by atoms with Gasteiger partial charge in [0.1, 0.15) is 0 Å². The van der Waals surface area contributed by atoms with E-state index in [-0.39, 0.29) is 18.0 Å². The normalized spacial score (nSPS) is 16.8. The minimum atomic E-state index is -1.15. The van der Waals surface area contributed by atoms with Crippen LogP contribution in [0.2, 0.25) is 0 Å². The van der Waals surface area contributed by atoms with E-state index in [1.54, 1.807) is 0 Å². The van der Waals surface area contributed by atoms with E-state index in [4.69, 9.17) is 4.74 Å². The first-order chi connectivity index (χ1) is 13.4. The van der Waals surface area contributed by atoms with Crippen LogP contribution in [0.3, 0.4) is 0 Å². The second-order valence-electron chi connectivity index (χ2n) is 8.63. The van der Waals surface area contributed by atoms with Gasteiger partial charge in [0.15, 0.2) is 17.7 Å². The monoisotopic (exact) mass is 410 g/mol. The molecule has 0 bridgehead atoms. The van der Waals surface area contributed by atoms with Gasteiger partial charge in [-0.3, -0.25) is 14.4 Å². The minimum Gasteiger partial charge on any atom is -0.452 e. The van der Waals surface area contributed by atoms with Gasteiger partial charge in [0.25, 0.3) is 5.91 Å². The van der Waals surface area contributed by atoms with E-state index >= 15 is 0 Å². The average Bonchev–Trinajstić information content (AvgIpc) is 3.06. The number of amides is 2. The molecule has 0 spiro atoms. The van der Waals surface area contributed by atoms with Crippen molar-refractivity contribution in [2.24, 2.45) is 5.41 Å². The Hall–Kier alpha value is -2.51. The quantitative estimate of drug-likeness (QED) is 0.701. The van der Waals surface area contributed by atoms with Gasteiger partial charge in [-0.25, -0.2) is 8.78 Å². The molecule has 29 heavy (non-hydrogen) atoms. The molecule has 2 rings (SSSR count). The Bertz CT molecular complexity index is 783. The lowest BCUT2D eigenvalue weighted by Gasteiger charge is -2.29. The van der Waals surface area contributed by atoms with E-state index < -0.39 is 40.6 Å². The zero-order valence-electron chi connectivity index (χ0n) is 17.2. The predicted molar refractivity (Wildman–Crippen MR) is 104 cm³/mol. The van der Waals surface area contributed by atoms with Gasteiger partial charge < -0.3 is 15.4 Å². The maximum absolute atomic E-state index is 13.3. The highest BCUT2D eigenvalue weighted by atomic mass is 19.2. The predicted octanol–water partition coefficient (Wildman–Crippen LogP) is 3.70. The molecule has 0 radical (unpaired) electrons. The second kappa shape index (κ2) is 8.88. The van der Waals surface area contributed by atoms with Crippen molar-refractivity contribution in [2.75, 3.05) is 5.32 Å². The first-order valence-electron chi connectivity index (χ1n) is 9.70. The summed E-state index contributed by atoms with van der Waals surface area (Å²) in [5, 5.41) is 5.24. The number of carbonyl (C=O) groups is 3. The van der Waals surface area contributed by atoms with E-state index in [1.807, 2.05) is 20.8 Å². The topological polar surface area (TPSA) is 84.5 Å². The highest BCUT2D eigenvalue weighted by molar-refractivity contribution is 5.96. The lowest BCUT2D eigenvalue weighted by atomic mass is 9.82. The summed E-state index contributed by atoms with van der Waals surface area (Å²) in [6.45, 7) is 6.96. The van der Waals surface area contributed by atoms with Gasteiger partial charge in [0, 0.05) is 23.7 Å². The second-order valence-corrected chi connectivity index (χ2v) is 8.63. The third-order valence-electron chi connectivity index (χ3n) is 4.85. The number of ether oxygens (including phenoxy) is 1. The number of carbonyl (C=O) groups excluding carboxylic acids is 3. The largest absolute Gasteiger partial charge is 0.452 e. The van der Waals surface area contributed by atoms with E-state index in [1.165, 1.54) is 13.0 Å². The van der Waals surface area contributed by atoms with Crippen LogP contribution in [-0.2, 0) is 19.1 Å². The summed E-state index contributed by atoms with van der Waals surface area (Å²) in [7, 11) is 0. The Morgan fingerprint density at radius 3 is 2.31 bits per heavy atom. The fraction of sp³-hybridized carbons (Fsp3) is 0.571. The van der Waals surface area contributed by atoms with Crippen LogP contribution in [0, 0.1) is 17.0 Å². The smallest absolute Gasteiger partial charge is 0.313 e. The molecule has 160 valence electrons. The fourth-order valence-corrected chi connectivity index (χ4v) is 3.43. The summed E-state index contributed by atoms with van der Waals surface area (Å²) >= 11 is 0. The van der Waals surface area contributed by atoms with Crippen molar-refractivity contribution in [1.29, 1.82) is 0 Å². The van der Waals surface area contributed by atoms with E-state index in [2.05, 4.69) is 10.6 Å². The fourth-order valence-electron chi connectivity index (χ4n) is 3.43. The summed E-state index contributed by atoms with van der Waals surface area (Å²) in [6, 6.07) is 2.94. The number of rotatable bonds is 6. The van der Waals surface area contributed by atoms with Crippen LogP contribution in [0.4, 0.5) is 14.5 Å². The first-order valence-corrected chi connectivity index (χ1v) is 9.70. The Morgan fingerprint density at radius 2 is 1.76 bits per heavy atom. The Kier molecular flexibility index (Phi) is 6.97. The zero-order valence-corrected chi connectivity index (χ0v) is 17.2. The van der Waals surface area contributed by atoms with Crippen molar-refractivity contribution in [1.82, 2.24) is 5.32 Å². The van der Waals surface area contributed by atoms with Gasteiger partial charge >= 0.3 is 5.97 Å². The molecule has 0 saturated heterocycles. The van der Waals surface area contributed by atoms with E-state index in [0.717, 1.165) is 25.0 Å². The number of halogens is 2. The highest BCUT2D eigenvalue weighted by Crippen LogP contribution is 2.42. The lowest BCUT2D eigenvalue weighted by molar-refractivity contribution is -0.165. The maximum Gasteiger partial charge on any atom is 0.313 e. The average molecular weight is 410 g/mol. The molecule has 0 aliphatic heterocycles. The molecule has 1 aromatic carbocycles. The molecule has 1 fully saturated rings. The van der Waals surface area contributed by atoms with Crippen LogP contribution in [0.5, 0.6) is 0 Å². The number of hydrogen-bond acceptors (Lipinski definition) is 4. The molecule has 0 heterocycles. The Balaban J connectivity index is 2.01. The van der Waals surface area contributed by atoms with Gasteiger partial charge in [-0.15, -0.1) is 0 Å². The van der Waals surface area contributed by atoms with Crippen molar-refractivity contribution < 1.29 is 27.9 Å². The summed E-state index contributed by atoms with van der Waals surface area (Å²) in [5.41, 5.74) is -1.32. The van der Waals surface area contributed by atoms with Gasteiger partial charge in [-0.2, -0.15) is 0 Å². The molecule has 0 unspecified atom stereocenters. The van der Waals surface area contributed by atoms with Crippen molar-refractivity contribution in [2.45, 2.75) is 71.4 Å². The van der Waals surface area contributed by atoms with Gasteiger partial charge in [-0.1, -0.05) is 12.8 Å². The van der Waals surface area contributed by atoms with Gasteiger partial charge in [0.2, 0.25) is 5.91 Å². The van der Waals surface area contributed by atoms with Crippen LogP contribution >= 0.6 is 0 Å². The molecule has 1 aliphatic rings. The van der Waals surface area contributed by atoms with Gasteiger partial charge in [0.05, 0.1) is 5.41 Å².